The van der Waals surface area contributed by atoms with Crippen molar-refractivity contribution in [2.45, 2.75) is 19.4 Å². The third-order valence-electron chi connectivity index (χ3n) is 2.79. The maximum absolute atomic E-state index is 5.87. The van der Waals surface area contributed by atoms with Crippen molar-refractivity contribution < 1.29 is 0 Å². The summed E-state index contributed by atoms with van der Waals surface area (Å²) >= 11 is 0. The molecule has 4 heteroatoms. The molecule has 0 fully saturated rings. The normalized spacial score (nSPS) is 12.8. The summed E-state index contributed by atoms with van der Waals surface area (Å²) in [6, 6.07) is 4.11. The molecule has 17 heavy (non-hydrogen) atoms. The highest BCUT2D eigenvalue weighted by molar-refractivity contribution is 5.40. The lowest BCUT2D eigenvalue weighted by atomic mass is 10.1. The SMILES string of the molecule is CC(N)c1ccnc(N(C)CCCN(C)C)c1. The molecule has 1 unspecified atom stereocenters. The molecule has 4 nitrogen and oxygen atoms in total. The van der Waals surface area contributed by atoms with E-state index in [4.69, 9.17) is 5.73 Å². The first-order chi connectivity index (χ1) is 8.00. The Morgan fingerprint density at radius 3 is 2.59 bits per heavy atom. The molecular weight excluding hydrogens is 212 g/mol. The number of nitrogens with zero attached hydrogens (tertiary/aromatic N) is 3. The first-order valence-corrected chi connectivity index (χ1v) is 6.08. The van der Waals surface area contributed by atoms with Crippen molar-refractivity contribution >= 4 is 5.82 Å². The molecule has 0 amide bonds. The average molecular weight is 236 g/mol. The molecular formula is C13H24N4. The van der Waals surface area contributed by atoms with Crippen molar-refractivity contribution in [1.82, 2.24) is 9.88 Å². The minimum atomic E-state index is 0.0620. The summed E-state index contributed by atoms with van der Waals surface area (Å²) in [6.45, 7) is 4.09. The first-order valence-electron chi connectivity index (χ1n) is 6.08. The highest BCUT2D eigenvalue weighted by Crippen LogP contribution is 2.15. The van der Waals surface area contributed by atoms with E-state index < -0.39 is 0 Å². The van der Waals surface area contributed by atoms with Crippen LogP contribution in [0, 0.1) is 0 Å². The average Bonchev–Trinajstić information content (AvgIpc) is 2.28. The van der Waals surface area contributed by atoms with Crippen molar-refractivity contribution in [3.8, 4) is 0 Å². The van der Waals surface area contributed by atoms with Crippen LogP contribution in [0.4, 0.5) is 5.82 Å². The fraction of sp³-hybridized carbons (Fsp3) is 0.615. The van der Waals surface area contributed by atoms with Crippen molar-refractivity contribution in [1.29, 1.82) is 0 Å². The van der Waals surface area contributed by atoms with Crippen LogP contribution in [-0.2, 0) is 0 Å². The molecule has 2 N–H and O–H groups in total. The Kier molecular flexibility index (Phi) is 5.38. The van der Waals surface area contributed by atoms with Crippen LogP contribution in [0.15, 0.2) is 18.3 Å². The fourth-order valence-electron chi connectivity index (χ4n) is 1.66. The Morgan fingerprint density at radius 2 is 2.00 bits per heavy atom. The molecule has 1 atom stereocenters. The van der Waals surface area contributed by atoms with Crippen LogP contribution in [0.2, 0.25) is 0 Å². The Labute approximate surface area is 104 Å². The molecule has 0 spiro atoms. The van der Waals surface area contributed by atoms with Gasteiger partial charge in [-0.3, -0.25) is 0 Å². The van der Waals surface area contributed by atoms with E-state index in [0.717, 1.165) is 30.9 Å². The second-order valence-electron chi connectivity index (χ2n) is 4.81. The molecule has 0 aliphatic carbocycles. The Bertz CT molecular complexity index is 336. The lowest BCUT2D eigenvalue weighted by Crippen LogP contribution is -2.24. The van der Waals surface area contributed by atoms with Crippen LogP contribution in [0.25, 0.3) is 0 Å². The highest BCUT2D eigenvalue weighted by Gasteiger charge is 2.05. The Hall–Kier alpha value is -1.13. The minimum Gasteiger partial charge on any atom is -0.360 e. The third-order valence-corrected chi connectivity index (χ3v) is 2.79. The van der Waals surface area contributed by atoms with Crippen molar-refractivity contribution in [2.75, 3.05) is 39.1 Å². The van der Waals surface area contributed by atoms with Gasteiger partial charge in [0.25, 0.3) is 0 Å². The van der Waals surface area contributed by atoms with Gasteiger partial charge in [0.15, 0.2) is 0 Å². The summed E-state index contributed by atoms with van der Waals surface area (Å²) in [5, 5.41) is 0. The summed E-state index contributed by atoms with van der Waals surface area (Å²) in [5.41, 5.74) is 7.00. The molecule has 0 radical (unpaired) electrons. The van der Waals surface area contributed by atoms with E-state index in [9.17, 15) is 0 Å². The van der Waals surface area contributed by atoms with E-state index in [1.807, 2.05) is 19.2 Å². The molecule has 96 valence electrons. The number of nitrogens with two attached hydrogens (primary N) is 1. The standard InChI is InChI=1S/C13H24N4/c1-11(14)12-6-7-15-13(10-12)17(4)9-5-8-16(2)3/h6-7,10-11H,5,8-9,14H2,1-4H3. The number of hydrogen-bond donors (Lipinski definition) is 1. The van der Waals surface area contributed by atoms with E-state index in [1.54, 1.807) is 0 Å². The highest BCUT2D eigenvalue weighted by atomic mass is 15.2. The van der Waals surface area contributed by atoms with Gasteiger partial charge in [-0.05, 0) is 51.7 Å². The number of anilines is 1. The van der Waals surface area contributed by atoms with Crippen molar-refractivity contribution in [3.63, 3.8) is 0 Å². The molecule has 1 rings (SSSR count). The van der Waals surface area contributed by atoms with Crippen LogP contribution in [0.1, 0.15) is 24.9 Å². The van der Waals surface area contributed by atoms with Gasteiger partial charge in [0.05, 0.1) is 0 Å². The van der Waals surface area contributed by atoms with Crippen LogP contribution < -0.4 is 10.6 Å². The number of aromatic nitrogens is 1. The lowest BCUT2D eigenvalue weighted by Gasteiger charge is -2.20. The molecule has 1 aromatic rings. The second-order valence-corrected chi connectivity index (χ2v) is 4.81. The Balaban J connectivity index is 2.56. The van der Waals surface area contributed by atoms with E-state index in [-0.39, 0.29) is 6.04 Å². The van der Waals surface area contributed by atoms with Gasteiger partial charge in [0.2, 0.25) is 0 Å². The van der Waals surface area contributed by atoms with E-state index in [2.05, 4.69) is 42.0 Å². The molecule has 0 saturated carbocycles. The van der Waals surface area contributed by atoms with Crippen LogP contribution in [-0.4, -0.2) is 44.1 Å². The van der Waals surface area contributed by atoms with Gasteiger partial charge >= 0.3 is 0 Å². The maximum atomic E-state index is 5.87. The predicted octanol–water partition coefficient (Wildman–Crippen LogP) is 1.49. The summed E-state index contributed by atoms with van der Waals surface area (Å²) < 4.78 is 0. The Morgan fingerprint density at radius 1 is 1.29 bits per heavy atom. The molecule has 0 aromatic carbocycles. The summed E-state index contributed by atoms with van der Waals surface area (Å²) in [4.78, 5) is 8.75. The number of pyridine rings is 1. The van der Waals surface area contributed by atoms with Crippen molar-refractivity contribution in [2.24, 2.45) is 5.73 Å². The topological polar surface area (TPSA) is 45.4 Å². The van der Waals surface area contributed by atoms with Crippen LogP contribution in [0.5, 0.6) is 0 Å². The van der Waals surface area contributed by atoms with Gasteiger partial charge in [-0.2, -0.15) is 0 Å². The summed E-state index contributed by atoms with van der Waals surface area (Å²) in [6.07, 6.45) is 2.96. The molecule has 0 aliphatic rings. The number of hydrogen-bond acceptors (Lipinski definition) is 4. The van der Waals surface area contributed by atoms with Gasteiger partial charge < -0.3 is 15.5 Å². The minimum absolute atomic E-state index is 0.0620. The molecule has 1 aromatic heterocycles. The third kappa shape index (κ3) is 4.71. The monoisotopic (exact) mass is 236 g/mol. The maximum Gasteiger partial charge on any atom is 0.128 e. The summed E-state index contributed by atoms with van der Waals surface area (Å²) in [7, 11) is 6.26. The van der Waals surface area contributed by atoms with E-state index in [0.29, 0.717) is 0 Å². The quantitative estimate of drug-likeness (QED) is 0.813. The molecule has 1 heterocycles. The predicted molar refractivity (Wildman–Crippen MR) is 73.3 cm³/mol. The molecule has 0 bridgehead atoms. The van der Waals surface area contributed by atoms with E-state index in [1.165, 1.54) is 0 Å². The molecule has 0 aliphatic heterocycles. The molecule has 0 saturated heterocycles. The van der Waals surface area contributed by atoms with Gasteiger partial charge in [-0.1, -0.05) is 0 Å². The van der Waals surface area contributed by atoms with Gasteiger partial charge in [-0.25, -0.2) is 4.98 Å². The second kappa shape index (κ2) is 6.57. The van der Waals surface area contributed by atoms with Gasteiger partial charge in [-0.15, -0.1) is 0 Å². The first kappa shape index (κ1) is 13.9. The van der Waals surface area contributed by atoms with Crippen LogP contribution in [0.3, 0.4) is 0 Å². The van der Waals surface area contributed by atoms with E-state index >= 15 is 0 Å². The lowest BCUT2D eigenvalue weighted by molar-refractivity contribution is 0.401. The zero-order valence-corrected chi connectivity index (χ0v) is 11.3. The van der Waals surface area contributed by atoms with Crippen molar-refractivity contribution in [3.05, 3.63) is 23.9 Å². The summed E-state index contributed by atoms with van der Waals surface area (Å²) in [5.74, 6) is 0.999. The zero-order chi connectivity index (χ0) is 12.8. The fourth-order valence-corrected chi connectivity index (χ4v) is 1.66. The van der Waals surface area contributed by atoms with Crippen LogP contribution >= 0.6 is 0 Å². The van der Waals surface area contributed by atoms with Gasteiger partial charge in [0.1, 0.15) is 5.82 Å². The smallest absolute Gasteiger partial charge is 0.128 e. The van der Waals surface area contributed by atoms with Gasteiger partial charge in [0, 0.05) is 25.8 Å². The number of rotatable bonds is 6. The largest absolute Gasteiger partial charge is 0.360 e. The zero-order valence-electron chi connectivity index (χ0n) is 11.3.